The van der Waals surface area contributed by atoms with Crippen LogP contribution in [-0.2, 0) is 10.4 Å². The molecule has 0 bridgehead atoms. The highest BCUT2D eigenvalue weighted by Gasteiger charge is 2.31. The minimum atomic E-state index is -1.55. The molecule has 1 unspecified atom stereocenters. The van der Waals surface area contributed by atoms with Crippen LogP contribution in [0.25, 0.3) is 22.5 Å². The maximum Gasteiger partial charge on any atom is 0.260 e. The van der Waals surface area contributed by atoms with Gasteiger partial charge in [0.2, 0.25) is 5.76 Å². The van der Waals surface area contributed by atoms with Gasteiger partial charge in [0, 0.05) is 17.2 Å². The lowest BCUT2D eigenvalue weighted by atomic mass is 9.93. The topological polar surface area (TPSA) is 116 Å². The molecule has 7 nitrogen and oxygen atoms in total. The van der Waals surface area contributed by atoms with Crippen LogP contribution in [0.4, 0.5) is 5.69 Å². The molecule has 0 saturated heterocycles. The van der Waals surface area contributed by atoms with Crippen molar-refractivity contribution in [2.24, 2.45) is 0 Å². The number of amides is 1. The molecule has 3 aromatic rings. The fraction of sp³-hybridized carbons (Fsp3) is 0.182. The molecule has 4 N–H and O–H groups in total. The highest BCUT2D eigenvalue weighted by Crippen LogP contribution is 2.42. The number of nitrogens with one attached hydrogen (secondary N) is 1. The highest BCUT2D eigenvalue weighted by atomic mass is 35.5. The molecule has 4 rings (SSSR count). The maximum absolute atomic E-state index is 12.5. The van der Waals surface area contributed by atoms with E-state index in [0.29, 0.717) is 38.7 Å². The number of rotatable bonds is 5. The van der Waals surface area contributed by atoms with Gasteiger partial charge in [-0.25, -0.2) is 0 Å². The number of aliphatic hydroxyl groups excluding tert-OH is 2. The van der Waals surface area contributed by atoms with E-state index in [-0.39, 0.29) is 23.0 Å². The Bertz CT molecular complexity index is 1200. The Balaban J connectivity index is 1.80. The zero-order valence-corrected chi connectivity index (χ0v) is 17.8. The van der Waals surface area contributed by atoms with Gasteiger partial charge < -0.3 is 25.2 Å². The monoisotopic (exact) mass is 460 g/mol. The number of anilines is 1. The molecule has 2 aromatic carbocycles. The second-order valence-corrected chi connectivity index (χ2v) is 7.96. The number of alkyl halides is 1. The number of hydrogen-bond donors (Lipinski definition) is 4. The van der Waals surface area contributed by atoms with Crippen LogP contribution in [0.3, 0.4) is 0 Å². The average Bonchev–Trinajstić information content (AvgIpc) is 3.34. The van der Waals surface area contributed by atoms with E-state index in [1.165, 1.54) is 6.07 Å². The van der Waals surface area contributed by atoms with Gasteiger partial charge in [-0.05, 0) is 30.2 Å². The van der Waals surface area contributed by atoms with Crippen molar-refractivity contribution in [1.29, 1.82) is 0 Å². The molecule has 1 aliphatic heterocycles. The molecule has 1 amide bonds. The third kappa shape index (κ3) is 3.70. The second-order valence-electron chi connectivity index (χ2n) is 7.29. The van der Waals surface area contributed by atoms with E-state index in [1.807, 2.05) is 0 Å². The molecule has 31 heavy (non-hydrogen) atoms. The van der Waals surface area contributed by atoms with Crippen molar-refractivity contribution in [3.05, 3.63) is 70.1 Å². The first-order valence-electron chi connectivity index (χ1n) is 9.29. The standard InChI is InChI=1S/C22H18Cl2N2O5/c1-11-6-18(31-26-11)20(28)19-15-7-14(16(24)8-17(15)25-21(19)29)12-2-4-13(5-3-12)22(30,9-23)10-27/h2-8,27-28,30H,9-10H2,1H3,(H,25,29)/b20-19+. The van der Waals surface area contributed by atoms with E-state index in [1.54, 1.807) is 43.3 Å². The second kappa shape index (κ2) is 8.01. The van der Waals surface area contributed by atoms with E-state index in [9.17, 15) is 20.1 Å². The van der Waals surface area contributed by atoms with Crippen molar-refractivity contribution in [2.75, 3.05) is 17.8 Å². The zero-order chi connectivity index (χ0) is 22.3. The molecule has 0 aliphatic carbocycles. The normalized spacial score (nSPS) is 16.6. The Morgan fingerprint density at radius 3 is 2.48 bits per heavy atom. The minimum Gasteiger partial charge on any atom is -0.504 e. The van der Waals surface area contributed by atoms with Crippen LogP contribution in [0.15, 0.2) is 47.0 Å². The van der Waals surface area contributed by atoms with Gasteiger partial charge in [0.25, 0.3) is 5.91 Å². The number of aromatic nitrogens is 1. The van der Waals surface area contributed by atoms with E-state index >= 15 is 0 Å². The number of nitrogens with zero attached hydrogens (tertiary/aromatic N) is 1. The molecular weight excluding hydrogens is 443 g/mol. The van der Waals surface area contributed by atoms with Crippen LogP contribution in [0.1, 0.15) is 22.6 Å². The lowest BCUT2D eigenvalue weighted by Gasteiger charge is -2.23. The summed E-state index contributed by atoms with van der Waals surface area (Å²) in [5.74, 6) is -0.887. The number of fused-ring (bicyclic) bond motifs is 1. The first-order chi connectivity index (χ1) is 14.8. The average molecular weight is 461 g/mol. The molecule has 2 heterocycles. The number of aryl methyl sites for hydroxylation is 1. The van der Waals surface area contributed by atoms with Gasteiger partial charge in [-0.15, -0.1) is 11.6 Å². The molecule has 0 radical (unpaired) electrons. The number of halogens is 2. The third-order valence-electron chi connectivity index (χ3n) is 5.17. The van der Waals surface area contributed by atoms with Crippen LogP contribution in [0.2, 0.25) is 5.02 Å². The Morgan fingerprint density at radius 1 is 1.19 bits per heavy atom. The number of carbonyl (C=O) groups is 1. The van der Waals surface area contributed by atoms with Crippen LogP contribution >= 0.6 is 23.2 Å². The third-order valence-corrected chi connectivity index (χ3v) is 5.92. The summed E-state index contributed by atoms with van der Waals surface area (Å²) in [7, 11) is 0. The van der Waals surface area contributed by atoms with Crippen LogP contribution < -0.4 is 5.32 Å². The Morgan fingerprint density at radius 2 is 1.90 bits per heavy atom. The van der Waals surface area contributed by atoms with Crippen molar-refractivity contribution >= 4 is 46.1 Å². The molecule has 0 spiro atoms. The maximum atomic E-state index is 12.5. The molecule has 1 aliphatic rings. The quantitative estimate of drug-likeness (QED) is 0.258. The summed E-state index contributed by atoms with van der Waals surface area (Å²) < 4.78 is 5.09. The molecule has 160 valence electrons. The number of aliphatic hydroxyl groups is 3. The number of hydrogen-bond acceptors (Lipinski definition) is 6. The fourth-order valence-electron chi connectivity index (χ4n) is 3.42. The Kier molecular flexibility index (Phi) is 5.53. The SMILES string of the molecule is Cc1cc(/C(O)=C2\C(=O)Nc3cc(Cl)c(-c4ccc(C(O)(CO)CCl)cc4)cc32)on1. The lowest BCUT2D eigenvalue weighted by Crippen LogP contribution is -2.32. The van der Waals surface area contributed by atoms with Crippen LogP contribution in [-0.4, -0.2) is 38.9 Å². The molecule has 1 atom stereocenters. The number of carbonyl (C=O) groups excluding carboxylic acids is 1. The van der Waals surface area contributed by atoms with Gasteiger partial charge in [-0.1, -0.05) is 41.0 Å². The minimum absolute atomic E-state index is 0.0532. The summed E-state index contributed by atoms with van der Waals surface area (Å²) in [5, 5.41) is 37.3. The smallest absolute Gasteiger partial charge is 0.260 e. The Hall–Kier alpha value is -2.84. The Labute approximate surface area is 187 Å². The van der Waals surface area contributed by atoms with Gasteiger partial charge in [-0.3, -0.25) is 4.79 Å². The van der Waals surface area contributed by atoms with E-state index in [4.69, 9.17) is 27.7 Å². The predicted octanol–water partition coefficient (Wildman–Crippen LogP) is 4.10. The predicted molar refractivity (Wildman–Crippen MR) is 118 cm³/mol. The molecule has 9 heteroatoms. The number of benzene rings is 2. The van der Waals surface area contributed by atoms with E-state index in [0.717, 1.165) is 0 Å². The largest absolute Gasteiger partial charge is 0.504 e. The van der Waals surface area contributed by atoms with Crippen LogP contribution in [0.5, 0.6) is 0 Å². The van der Waals surface area contributed by atoms with Gasteiger partial charge in [-0.2, -0.15) is 0 Å². The van der Waals surface area contributed by atoms with Gasteiger partial charge in [0.15, 0.2) is 5.76 Å². The summed E-state index contributed by atoms with van der Waals surface area (Å²) in [4.78, 5) is 12.5. The van der Waals surface area contributed by atoms with Gasteiger partial charge in [0.05, 0.1) is 34.5 Å². The van der Waals surface area contributed by atoms with E-state index < -0.39 is 18.1 Å². The summed E-state index contributed by atoms with van der Waals surface area (Å²) >= 11 is 12.2. The van der Waals surface area contributed by atoms with Gasteiger partial charge >= 0.3 is 0 Å². The summed E-state index contributed by atoms with van der Waals surface area (Å²) in [6.45, 7) is 1.19. The summed E-state index contributed by atoms with van der Waals surface area (Å²) in [6, 6.07) is 11.6. The van der Waals surface area contributed by atoms with Crippen molar-refractivity contribution in [1.82, 2.24) is 5.16 Å². The van der Waals surface area contributed by atoms with Gasteiger partial charge in [0.1, 0.15) is 5.60 Å². The first kappa shape index (κ1) is 21.4. The van der Waals surface area contributed by atoms with Crippen molar-refractivity contribution in [3.8, 4) is 11.1 Å². The molecule has 0 fully saturated rings. The summed E-state index contributed by atoms with van der Waals surface area (Å²) in [6.07, 6.45) is 0. The van der Waals surface area contributed by atoms with Crippen molar-refractivity contribution < 1.29 is 24.6 Å². The highest BCUT2D eigenvalue weighted by molar-refractivity contribution is 6.38. The lowest BCUT2D eigenvalue weighted by molar-refractivity contribution is -0.110. The zero-order valence-electron chi connectivity index (χ0n) is 16.3. The van der Waals surface area contributed by atoms with Crippen molar-refractivity contribution in [2.45, 2.75) is 12.5 Å². The molecule has 1 aromatic heterocycles. The van der Waals surface area contributed by atoms with E-state index in [2.05, 4.69) is 10.5 Å². The summed E-state index contributed by atoms with van der Waals surface area (Å²) in [5.41, 5.74) is 1.78. The van der Waals surface area contributed by atoms with Crippen molar-refractivity contribution in [3.63, 3.8) is 0 Å². The molecule has 0 saturated carbocycles. The van der Waals surface area contributed by atoms with Crippen LogP contribution in [0, 0.1) is 6.92 Å². The first-order valence-corrected chi connectivity index (χ1v) is 10.2. The fourth-order valence-corrected chi connectivity index (χ4v) is 3.93. The molecular formula is C22H18Cl2N2O5.